The third kappa shape index (κ3) is 2.88. The van der Waals surface area contributed by atoms with Gasteiger partial charge in [-0.3, -0.25) is 0 Å². The standard InChI is InChI=1S/C12H14N2O2S/c1-8-14-10(7-17-8)6-16-11-4-3-9(13)5-12(11)15-2/h3-5,7H,6,13H2,1-2H3. The van der Waals surface area contributed by atoms with Gasteiger partial charge in [-0.15, -0.1) is 11.3 Å². The summed E-state index contributed by atoms with van der Waals surface area (Å²) in [5, 5.41) is 3.02. The number of aromatic nitrogens is 1. The fourth-order valence-corrected chi connectivity index (χ4v) is 2.03. The Bertz CT molecular complexity index is 511. The average molecular weight is 250 g/mol. The van der Waals surface area contributed by atoms with Gasteiger partial charge in [-0.2, -0.15) is 0 Å². The van der Waals surface area contributed by atoms with Gasteiger partial charge in [0.15, 0.2) is 11.5 Å². The van der Waals surface area contributed by atoms with Crippen molar-refractivity contribution in [3.63, 3.8) is 0 Å². The summed E-state index contributed by atoms with van der Waals surface area (Å²) < 4.78 is 10.8. The molecule has 0 unspecified atom stereocenters. The maximum Gasteiger partial charge on any atom is 0.162 e. The van der Waals surface area contributed by atoms with E-state index in [0.29, 0.717) is 23.8 Å². The van der Waals surface area contributed by atoms with Crippen LogP contribution in [0.15, 0.2) is 23.6 Å². The maximum atomic E-state index is 5.67. The predicted octanol–water partition coefficient (Wildman–Crippen LogP) is 2.62. The quantitative estimate of drug-likeness (QED) is 0.847. The van der Waals surface area contributed by atoms with Gasteiger partial charge in [0.2, 0.25) is 0 Å². The van der Waals surface area contributed by atoms with Crippen LogP contribution in [-0.2, 0) is 6.61 Å². The minimum Gasteiger partial charge on any atom is -0.493 e. The van der Waals surface area contributed by atoms with Crippen molar-refractivity contribution in [3.8, 4) is 11.5 Å². The van der Waals surface area contributed by atoms with Crippen molar-refractivity contribution in [2.45, 2.75) is 13.5 Å². The second-order valence-corrected chi connectivity index (χ2v) is 4.62. The first-order valence-electron chi connectivity index (χ1n) is 5.16. The Hall–Kier alpha value is -1.75. The van der Waals surface area contributed by atoms with Crippen molar-refractivity contribution in [3.05, 3.63) is 34.3 Å². The van der Waals surface area contributed by atoms with Gasteiger partial charge < -0.3 is 15.2 Å². The molecule has 0 spiro atoms. The van der Waals surface area contributed by atoms with Gasteiger partial charge in [-0.05, 0) is 19.1 Å². The van der Waals surface area contributed by atoms with Crippen LogP contribution in [0.3, 0.4) is 0 Å². The Labute approximate surface area is 104 Å². The molecule has 0 saturated carbocycles. The lowest BCUT2D eigenvalue weighted by atomic mass is 10.3. The summed E-state index contributed by atoms with van der Waals surface area (Å²) in [4.78, 5) is 4.33. The summed E-state index contributed by atoms with van der Waals surface area (Å²) in [6.45, 7) is 2.41. The third-order valence-electron chi connectivity index (χ3n) is 2.23. The molecular weight excluding hydrogens is 236 g/mol. The summed E-state index contributed by atoms with van der Waals surface area (Å²) in [7, 11) is 1.59. The lowest BCUT2D eigenvalue weighted by Gasteiger charge is -2.10. The highest BCUT2D eigenvalue weighted by Crippen LogP contribution is 2.29. The van der Waals surface area contributed by atoms with Crippen LogP contribution in [0.1, 0.15) is 10.7 Å². The number of benzene rings is 1. The van der Waals surface area contributed by atoms with Crippen LogP contribution < -0.4 is 15.2 Å². The van der Waals surface area contributed by atoms with Crippen molar-refractivity contribution >= 4 is 17.0 Å². The van der Waals surface area contributed by atoms with Crippen LogP contribution in [0.25, 0.3) is 0 Å². The number of thiazole rings is 1. The first kappa shape index (κ1) is 11.7. The van der Waals surface area contributed by atoms with Gasteiger partial charge in [0.1, 0.15) is 6.61 Å². The number of nitrogens with two attached hydrogens (primary N) is 1. The number of hydrogen-bond acceptors (Lipinski definition) is 5. The second-order valence-electron chi connectivity index (χ2n) is 3.56. The van der Waals surface area contributed by atoms with E-state index >= 15 is 0 Å². The molecule has 17 heavy (non-hydrogen) atoms. The van der Waals surface area contributed by atoms with Crippen LogP contribution in [0.4, 0.5) is 5.69 Å². The normalized spacial score (nSPS) is 10.2. The predicted molar refractivity (Wildman–Crippen MR) is 68.6 cm³/mol. The fraction of sp³-hybridized carbons (Fsp3) is 0.250. The Balaban J connectivity index is 2.08. The van der Waals surface area contributed by atoms with Crippen molar-refractivity contribution in [1.82, 2.24) is 4.98 Å². The van der Waals surface area contributed by atoms with Crippen molar-refractivity contribution in [2.24, 2.45) is 0 Å². The Morgan fingerprint density at radius 3 is 2.82 bits per heavy atom. The molecule has 2 N–H and O–H groups in total. The molecule has 2 aromatic rings. The zero-order valence-electron chi connectivity index (χ0n) is 9.77. The maximum absolute atomic E-state index is 5.67. The van der Waals surface area contributed by atoms with E-state index in [-0.39, 0.29) is 0 Å². The zero-order valence-corrected chi connectivity index (χ0v) is 10.6. The molecule has 1 aromatic carbocycles. The summed E-state index contributed by atoms with van der Waals surface area (Å²) in [5.41, 5.74) is 7.24. The second kappa shape index (κ2) is 5.05. The molecule has 1 aromatic heterocycles. The first-order chi connectivity index (χ1) is 8.19. The molecule has 0 aliphatic rings. The molecule has 0 saturated heterocycles. The fourth-order valence-electron chi connectivity index (χ4n) is 1.43. The molecule has 90 valence electrons. The SMILES string of the molecule is COc1cc(N)ccc1OCc1csc(C)n1. The molecule has 0 radical (unpaired) electrons. The number of nitrogen functional groups attached to an aromatic ring is 1. The number of ether oxygens (including phenoxy) is 2. The number of methoxy groups -OCH3 is 1. The topological polar surface area (TPSA) is 57.4 Å². The average Bonchev–Trinajstić information content (AvgIpc) is 2.73. The molecule has 0 aliphatic carbocycles. The van der Waals surface area contributed by atoms with E-state index in [2.05, 4.69) is 4.98 Å². The Kier molecular flexibility index (Phi) is 3.49. The smallest absolute Gasteiger partial charge is 0.162 e. The highest BCUT2D eigenvalue weighted by atomic mass is 32.1. The lowest BCUT2D eigenvalue weighted by molar-refractivity contribution is 0.281. The number of nitrogens with zero attached hydrogens (tertiary/aromatic N) is 1. The Morgan fingerprint density at radius 1 is 1.35 bits per heavy atom. The molecule has 5 heteroatoms. The Morgan fingerprint density at radius 2 is 2.18 bits per heavy atom. The molecule has 0 aliphatic heterocycles. The van der Waals surface area contributed by atoms with Crippen molar-refractivity contribution in [1.29, 1.82) is 0 Å². The molecular formula is C12H14N2O2S. The molecule has 0 amide bonds. The van der Waals surface area contributed by atoms with E-state index in [9.17, 15) is 0 Å². The summed E-state index contributed by atoms with van der Waals surface area (Å²) in [5.74, 6) is 1.31. The highest BCUT2D eigenvalue weighted by molar-refractivity contribution is 7.09. The van der Waals surface area contributed by atoms with Crippen LogP contribution in [0.2, 0.25) is 0 Å². The van der Waals surface area contributed by atoms with E-state index in [1.807, 2.05) is 12.3 Å². The summed E-state index contributed by atoms with van der Waals surface area (Å²) in [6.07, 6.45) is 0. The molecule has 4 nitrogen and oxygen atoms in total. The van der Waals surface area contributed by atoms with Crippen LogP contribution in [0, 0.1) is 6.92 Å². The molecule has 2 rings (SSSR count). The third-order valence-corrected chi connectivity index (χ3v) is 3.05. The van der Waals surface area contributed by atoms with Crippen molar-refractivity contribution < 1.29 is 9.47 Å². The van der Waals surface area contributed by atoms with Crippen molar-refractivity contribution in [2.75, 3.05) is 12.8 Å². The van der Waals surface area contributed by atoms with Gasteiger partial charge >= 0.3 is 0 Å². The number of hydrogen-bond donors (Lipinski definition) is 1. The highest BCUT2D eigenvalue weighted by Gasteiger charge is 2.06. The number of anilines is 1. The number of rotatable bonds is 4. The van der Waals surface area contributed by atoms with E-state index in [1.54, 1.807) is 36.6 Å². The van der Waals surface area contributed by atoms with Gasteiger partial charge in [0.25, 0.3) is 0 Å². The molecule has 0 fully saturated rings. The van der Waals surface area contributed by atoms with Crippen LogP contribution in [-0.4, -0.2) is 12.1 Å². The van der Waals surface area contributed by atoms with E-state index in [4.69, 9.17) is 15.2 Å². The molecule has 1 heterocycles. The molecule has 0 atom stereocenters. The summed E-state index contributed by atoms with van der Waals surface area (Å²) in [6, 6.07) is 5.32. The summed E-state index contributed by atoms with van der Waals surface area (Å²) >= 11 is 1.61. The van der Waals surface area contributed by atoms with Crippen LogP contribution in [0.5, 0.6) is 11.5 Å². The van der Waals surface area contributed by atoms with Crippen LogP contribution >= 0.6 is 11.3 Å². The molecule has 0 bridgehead atoms. The van der Waals surface area contributed by atoms with Gasteiger partial charge in [0, 0.05) is 17.1 Å². The van der Waals surface area contributed by atoms with E-state index in [0.717, 1.165) is 10.7 Å². The minimum atomic E-state index is 0.435. The first-order valence-corrected chi connectivity index (χ1v) is 6.04. The largest absolute Gasteiger partial charge is 0.493 e. The van der Waals surface area contributed by atoms with Gasteiger partial charge in [-0.25, -0.2) is 4.98 Å². The van der Waals surface area contributed by atoms with Gasteiger partial charge in [-0.1, -0.05) is 0 Å². The number of aryl methyl sites for hydroxylation is 1. The lowest BCUT2D eigenvalue weighted by Crippen LogP contribution is -1.98. The van der Waals surface area contributed by atoms with E-state index < -0.39 is 0 Å². The minimum absolute atomic E-state index is 0.435. The van der Waals surface area contributed by atoms with Gasteiger partial charge in [0.05, 0.1) is 17.8 Å². The monoisotopic (exact) mass is 250 g/mol. The zero-order chi connectivity index (χ0) is 12.3. The van der Waals surface area contributed by atoms with E-state index in [1.165, 1.54) is 0 Å².